The van der Waals surface area contributed by atoms with Crippen LogP contribution in [0.15, 0.2) is 66.1 Å². The first kappa shape index (κ1) is 25.1. The Morgan fingerprint density at radius 1 is 1.18 bits per heavy atom. The maximum atomic E-state index is 13.5. The summed E-state index contributed by atoms with van der Waals surface area (Å²) < 4.78 is 42.5. The smallest absolute Gasteiger partial charge is 0.416 e. The van der Waals surface area contributed by atoms with Crippen LogP contribution in [-0.2, 0) is 12.6 Å². The number of hydrogen-bond donors (Lipinski definition) is 5. The number of aromatic hydroxyl groups is 1. The highest BCUT2D eigenvalue weighted by Crippen LogP contribution is 2.35. The normalized spacial score (nSPS) is 12.7. The van der Waals surface area contributed by atoms with E-state index in [4.69, 9.17) is 0 Å². The number of aromatic amines is 2. The molecule has 0 unspecified atom stereocenters. The molecule has 9 nitrogen and oxygen atoms in total. The molecule has 0 aliphatic carbocycles. The van der Waals surface area contributed by atoms with E-state index in [1.165, 1.54) is 12.3 Å². The average Bonchev–Trinajstić information content (AvgIpc) is 3.54. The lowest BCUT2D eigenvalue weighted by Gasteiger charge is -2.21. The van der Waals surface area contributed by atoms with Crippen molar-refractivity contribution < 1.29 is 23.4 Å². The molecule has 0 fully saturated rings. The predicted octanol–water partition coefficient (Wildman–Crippen LogP) is 4.15. The van der Waals surface area contributed by atoms with Crippen LogP contribution in [0.2, 0.25) is 0 Å². The first-order chi connectivity index (χ1) is 18.1. The molecule has 0 spiro atoms. The number of benzene rings is 2. The first-order valence-electron chi connectivity index (χ1n) is 11.6. The fourth-order valence-corrected chi connectivity index (χ4v) is 4.44. The molecule has 2 aromatic carbocycles. The van der Waals surface area contributed by atoms with Crippen molar-refractivity contribution >= 4 is 16.7 Å². The summed E-state index contributed by atoms with van der Waals surface area (Å²) in [7, 11) is 0. The summed E-state index contributed by atoms with van der Waals surface area (Å²) in [5, 5.41) is 22.5. The molecule has 0 aliphatic rings. The molecule has 0 bridgehead atoms. The zero-order chi connectivity index (χ0) is 27.0. The largest absolute Gasteiger partial charge is 0.508 e. The summed E-state index contributed by atoms with van der Waals surface area (Å²) in [6.07, 6.45) is 1.61. The Kier molecular flexibility index (Phi) is 6.41. The lowest BCUT2D eigenvalue weighted by Crippen LogP contribution is -2.29. The zero-order valence-corrected chi connectivity index (χ0v) is 20.0. The quantitative estimate of drug-likeness (QED) is 0.217. The van der Waals surface area contributed by atoms with Crippen molar-refractivity contribution in [2.24, 2.45) is 0 Å². The van der Waals surface area contributed by atoms with Crippen LogP contribution in [0.5, 0.6) is 5.75 Å². The van der Waals surface area contributed by atoms with Gasteiger partial charge in [0.15, 0.2) is 0 Å². The Bertz CT molecular complexity index is 1660. The molecule has 5 aromatic rings. The molecular formula is C26H23F3N6O3. The minimum atomic E-state index is -4.69. The number of phenolic OH excluding ortho intramolecular Hbond substituents is 1. The van der Waals surface area contributed by atoms with E-state index in [9.17, 15) is 28.2 Å². The minimum Gasteiger partial charge on any atom is -0.508 e. The molecule has 0 saturated carbocycles. The minimum absolute atomic E-state index is 0.111. The molecule has 0 amide bonds. The van der Waals surface area contributed by atoms with Crippen molar-refractivity contribution in [1.82, 2.24) is 24.5 Å². The van der Waals surface area contributed by atoms with Gasteiger partial charge in [0.2, 0.25) is 0 Å². The van der Waals surface area contributed by atoms with Gasteiger partial charge in [0, 0.05) is 24.3 Å². The van der Waals surface area contributed by atoms with Gasteiger partial charge in [-0.1, -0.05) is 6.07 Å². The summed E-state index contributed by atoms with van der Waals surface area (Å²) in [5.41, 5.74) is 1.88. The Labute approximate surface area is 213 Å². The van der Waals surface area contributed by atoms with E-state index in [1.807, 2.05) is 23.6 Å². The number of pyridine rings is 1. The molecule has 5 N–H and O–H groups in total. The van der Waals surface area contributed by atoms with Crippen LogP contribution in [0.1, 0.15) is 16.7 Å². The lowest BCUT2D eigenvalue weighted by atomic mass is 9.99. The molecule has 1 atom stereocenters. The second-order valence-corrected chi connectivity index (χ2v) is 8.88. The van der Waals surface area contributed by atoms with Crippen molar-refractivity contribution in [3.8, 4) is 22.8 Å². The van der Waals surface area contributed by atoms with Gasteiger partial charge in [-0.25, -0.2) is 9.97 Å². The number of nitrogens with zero attached hydrogens (tertiary/aromatic N) is 3. The number of halogens is 3. The third kappa shape index (κ3) is 4.85. The van der Waals surface area contributed by atoms with E-state index in [1.54, 1.807) is 24.8 Å². The average molecular weight is 525 g/mol. The Morgan fingerprint density at radius 3 is 2.71 bits per heavy atom. The number of aryl methyl sites for hydroxylation is 1. The first-order valence-corrected chi connectivity index (χ1v) is 11.6. The Balaban J connectivity index is 1.51. The molecule has 0 aliphatic heterocycles. The highest BCUT2D eigenvalue weighted by molar-refractivity contribution is 5.86. The number of alkyl halides is 3. The van der Waals surface area contributed by atoms with Crippen LogP contribution in [0.4, 0.5) is 18.9 Å². The second-order valence-electron chi connectivity index (χ2n) is 8.88. The van der Waals surface area contributed by atoms with Gasteiger partial charge in [0.05, 0.1) is 41.3 Å². The fourth-order valence-electron chi connectivity index (χ4n) is 4.44. The molecular weight excluding hydrogens is 501 g/mol. The summed E-state index contributed by atoms with van der Waals surface area (Å²) in [5.74, 6) is -0.254. The molecule has 12 heteroatoms. The third-order valence-corrected chi connectivity index (χ3v) is 6.21. The highest BCUT2D eigenvalue weighted by atomic mass is 19.4. The predicted molar refractivity (Wildman–Crippen MR) is 135 cm³/mol. The van der Waals surface area contributed by atoms with Gasteiger partial charge in [-0.3, -0.25) is 4.79 Å². The van der Waals surface area contributed by atoms with Crippen molar-refractivity contribution in [3.05, 3.63) is 88.4 Å². The zero-order valence-electron chi connectivity index (χ0n) is 20.0. The number of hydrogen-bond acceptors (Lipinski definition) is 6. The number of fused-ring (bicyclic) bond motifs is 1. The van der Waals surface area contributed by atoms with Gasteiger partial charge in [-0.2, -0.15) is 13.2 Å². The van der Waals surface area contributed by atoms with Gasteiger partial charge in [-0.15, -0.1) is 0 Å². The molecule has 0 saturated heterocycles. The van der Waals surface area contributed by atoms with Gasteiger partial charge >= 0.3 is 6.18 Å². The summed E-state index contributed by atoms with van der Waals surface area (Å²) >= 11 is 0. The maximum Gasteiger partial charge on any atom is 0.416 e. The van der Waals surface area contributed by atoms with E-state index in [0.29, 0.717) is 17.1 Å². The number of phenols is 1. The van der Waals surface area contributed by atoms with E-state index < -0.39 is 35.7 Å². The number of nitrogens with one attached hydrogen (secondary N) is 3. The highest BCUT2D eigenvalue weighted by Gasteiger charge is 2.34. The third-order valence-electron chi connectivity index (χ3n) is 6.21. The van der Waals surface area contributed by atoms with Gasteiger partial charge < -0.3 is 30.1 Å². The molecule has 196 valence electrons. The monoisotopic (exact) mass is 524 g/mol. The molecule has 38 heavy (non-hydrogen) atoms. The number of imidazole rings is 2. The number of anilines is 1. The molecule has 3 heterocycles. The Hall–Kier alpha value is -4.58. The molecule has 5 rings (SSSR count). The van der Waals surface area contributed by atoms with Crippen LogP contribution < -0.4 is 10.9 Å². The van der Waals surface area contributed by atoms with E-state index in [-0.39, 0.29) is 29.1 Å². The summed E-state index contributed by atoms with van der Waals surface area (Å²) in [6.45, 7) is 1.37. The van der Waals surface area contributed by atoms with Crippen molar-refractivity contribution in [2.75, 3.05) is 11.9 Å². The number of rotatable bonds is 7. The SMILES string of the molecule is Cc1cc(-n2ccnc2)cc2[nH]c(-c3c(N[C@H](CO)Cc4ccc(O)cc4C(F)(F)F)cc[nH]c3=O)nc12. The van der Waals surface area contributed by atoms with Crippen LogP contribution in [0, 0.1) is 6.92 Å². The van der Waals surface area contributed by atoms with E-state index in [2.05, 4.69) is 25.3 Å². The Morgan fingerprint density at radius 2 is 2.00 bits per heavy atom. The van der Waals surface area contributed by atoms with E-state index >= 15 is 0 Å². The van der Waals surface area contributed by atoms with Crippen LogP contribution in [-0.4, -0.2) is 47.4 Å². The van der Waals surface area contributed by atoms with Crippen molar-refractivity contribution in [3.63, 3.8) is 0 Å². The maximum absolute atomic E-state index is 13.5. The van der Waals surface area contributed by atoms with Gasteiger partial charge in [0.1, 0.15) is 17.1 Å². The lowest BCUT2D eigenvalue weighted by molar-refractivity contribution is -0.138. The van der Waals surface area contributed by atoms with Gasteiger partial charge in [0.25, 0.3) is 5.56 Å². The molecule has 0 radical (unpaired) electrons. The van der Waals surface area contributed by atoms with Gasteiger partial charge in [-0.05, 0) is 54.8 Å². The summed E-state index contributed by atoms with van der Waals surface area (Å²) in [6, 6.07) is 7.45. The summed E-state index contributed by atoms with van der Waals surface area (Å²) in [4.78, 5) is 27.4. The molecule has 3 aromatic heterocycles. The van der Waals surface area contributed by atoms with Crippen molar-refractivity contribution in [2.45, 2.75) is 25.6 Å². The number of aliphatic hydroxyl groups is 1. The number of aromatic nitrogens is 5. The standard InChI is InChI=1S/C26H23F3N6O3/c1-14-8-17(35-7-6-30-13-35)10-21-23(14)34-24(33-21)22-20(4-5-31-25(22)38)32-16(12-36)9-15-2-3-18(37)11-19(15)26(27,28)29/h2-8,10-11,13,16,36-37H,9,12H2,1H3,(H,33,34)(H2,31,32,38)/t16-/m0/s1. The van der Waals surface area contributed by atoms with Crippen LogP contribution in [0.25, 0.3) is 28.1 Å². The van der Waals surface area contributed by atoms with Crippen LogP contribution >= 0.6 is 0 Å². The van der Waals surface area contributed by atoms with Crippen LogP contribution in [0.3, 0.4) is 0 Å². The fraction of sp³-hybridized carbons (Fsp3) is 0.192. The topological polar surface area (TPSA) is 132 Å². The second kappa shape index (κ2) is 9.71. The van der Waals surface area contributed by atoms with E-state index in [0.717, 1.165) is 17.3 Å². The van der Waals surface area contributed by atoms with Crippen molar-refractivity contribution in [1.29, 1.82) is 0 Å². The number of H-pyrrole nitrogens is 2. The number of aliphatic hydroxyl groups excluding tert-OH is 1.